The monoisotopic (exact) mass is 225 g/mol. The number of fused-ring (bicyclic) bond motifs is 1. The first kappa shape index (κ1) is 9.65. The van der Waals surface area contributed by atoms with Crippen molar-refractivity contribution in [2.45, 2.75) is 0 Å². The van der Waals surface area contributed by atoms with E-state index in [0.29, 0.717) is 11.5 Å². The van der Waals surface area contributed by atoms with Crippen LogP contribution in [0.5, 0.6) is 0 Å². The number of hydrogen-bond donors (Lipinski definition) is 2. The zero-order chi connectivity index (χ0) is 11.8. The van der Waals surface area contributed by atoms with Gasteiger partial charge in [-0.2, -0.15) is 0 Å². The second-order valence-electron chi connectivity index (χ2n) is 3.77. The molecule has 3 rings (SSSR count). The molecule has 4 N–H and O–H groups in total. The fourth-order valence-electron chi connectivity index (χ4n) is 1.81. The topological polar surface area (TPSA) is 82.2 Å². The van der Waals surface area contributed by atoms with Crippen LogP contribution >= 0.6 is 0 Å². The SMILES string of the molecule is Nc1ccc(-c2cnc3c(N)nccn23)cc1. The molecule has 2 heterocycles. The molecule has 2 aromatic heterocycles. The Kier molecular flexibility index (Phi) is 1.98. The van der Waals surface area contributed by atoms with Crippen molar-refractivity contribution >= 4 is 17.2 Å². The van der Waals surface area contributed by atoms with Crippen LogP contribution in [-0.2, 0) is 0 Å². The quantitative estimate of drug-likeness (QED) is 0.616. The first-order chi connectivity index (χ1) is 8.25. The predicted molar refractivity (Wildman–Crippen MR) is 67.2 cm³/mol. The van der Waals surface area contributed by atoms with Crippen molar-refractivity contribution < 1.29 is 0 Å². The highest BCUT2D eigenvalue weighted by Gasteiger charge is 2.07. The zero-order valence-corrected chi connectivity index (χ0v) is 9.04. The minimum absolute atomic E-state index is 0.425. The van der Waals surface area contributed by atoms with E-state index < -0.39 is 0 Å². The minimum atomic E-state index is 0.425. The van der Waals surface area contributed by atoms with E-state index in [0.717, 1.165) is 16.9 Å². The molecular formula is C12H11N5. The summed E-state index contributed by atoms with van der Waals surface area (Å²) in [5, 5.41) is 0. The third-order valence-electron chi connectivity index (χ3n) is 2.66. The third-order valence-corrected chi connectivity index (χ3v) is 2.66. The Morgan fingerprint density at radius 3 is 2.53 bits per heavy atom. The molecule has 0 saturated heterocycles. The van der Waals surface area contributed by atoms with Gasteiger partial charge >= 0.3 is 0 Å². The van der Waals surface area contributed by atoms with Crippen molar-refractivity contribution in [3.63, 3.8) is 0 Å². The van der Waals surface area contributed by atoms with Crippen LogP contribution in [0.1, 0.15) is 0 Å². The number of nitrogens with zero attached hydrogens (tertiary/aromatic N) is 3. The second kappa shape index (κ2) is 3.48. The van der Waals surface area contributed by atoms with Crippen LogP contribution in [0.25, 0.3) is 16.9 Å². The van der Waals surface area contributed by atoms with Crippen LogP contribution in [0.3, 0.4) is 0 Å². The molecule has 84 valence electrons. The average molecular weight is 225 g/mol. The highest BCUT2D eigenvalue weighted by atomic mass is 15.1. The van der Waals surface area contributed by atoms with Gasteiger partial charge in [0.25, 0.3) is 0 Å². The largest absolute Gasteiger partial charge is 0.399 e. The number of anilines is 2. The lowest BCUT2D eigenvalue weighted by Gasteiger charge is -2.02. The molecule has 0 atom stereocenters. The summed E-state index contributed by atoms with van der Waals surface area (Å²) in [5.41, 5.74) is 14.8. The molecule has 3 aromatic rings. The Labute approximate surface area is 97.7 Å². The van der Waals surface area contributed by atoms with Crippen LogP contribution in [0.15, 0.2) is 42.9 Å². The Morgan fingerprint density at radius 1 is 1.00 bits per heavy atom. The number of aromatic nitrogens is 3. The minimum Gasteiger partial charge on any atom is -0.399 e. The van der Waals surface area contributed by atoms with Crippen LogP contribution in [-0.4, -0.2) is 14.4 Å². The summed E-state index contributed by atoms with van der Waals surface area (Å²) < 4.78 is 1.91. The Morgan fingerprint density at radius 2 is 1.76 bits per heavy atom. The van der Waals surface area contributed by atoms with Gasteiger partial charge in [-0.3, -0.25) is 4.40 Å². The maximum absolute atomic E-state index is 5.76. The molecule has 5 heteroatoms. The molecule has 0 saturated carbocycles. The van der Waals surface area contributed by atoms with Gasteiger partial charge in [0.2, 0.25) is 0 Å². The van der Waals surface area contributed by atoms with E-state index in [-0.39, 0.29) is 0 Å². The number of rotatable bonds is 1. The molecule has 0 bridgehead atoms. The first-order valence-corrected chi connectivity index (χ1v) is 5.19. The molecule has 5 nitrogen and oxygen atoms in total. The fraction of sp³-hybridized carbons (Fsp3) is 0. The molecule has 0 aliphatic carbocycles. The van der Waals surface area contributed by atoms with Gasteiger partial charge in [0, 0.05) is 23.6 Å². The molecule has 0 aliphatic rings. The summed E-state index contributed by atoms with van der Waals surface area (Å²) in [4.78, 5) is 8.26. The maximum Gasteiger partial charge on any atom is 0.180 e. The van der Waals surface area contributed by atoms with Crippen molar-refractivity contribution in [1.29, 1.82) is 0 Å². The highest BCUT2D eigenvalue weighted by molar-refractivity contribution is 5.69. The van der Waals surface area contributed by atoms with Crippen molar-refractivity contribution in [3.8, 4) is 11.3 Å². The third kappa shape index (κ3) is 1.48. The summed E-state index contributed by atoms with van der Waals surface area (Å²) in [5.74, 6) is 0.425. The summed E-state index contributed by atoms with van der Waals surface area (Å²) in [6, 6.07) is 7.63. The molecule has 0 unspecified atom stereocenters. The van der Waals surface area contributed by atoms with E-state index in [1.165, 1.54) is 0 Å². The maximum atomic E-state index is 5.76. The van der Waals surface area contributed by atoms with E-state index in [1.807, 2.05) is 34.9 Å². The zero-order valence-electron chi connectivity index (χ0n) is 9.04. The normalized spacial score (nSPS) is 10.8. The molecule has 1 aromatic carbocycles. The molecular weight excluding hydrogens is 214 g/mol. The lowest BCUT2D eigenvalue weighted by atomic mass is 10.1. The molecule has 17 heavy (non-hydrogen) atoms. The van der Waals surface area contributed by atoms with Crippen molar-refractivity contribution in [1.82, 2.24) is 14.4 Å². The Hall–Kier alpha value is -2.56. The number of hydrogen-bond acceptors (Lipinski definition) is 4. The Bertz CT molecular complexity index is 669. The van der Waals surface area contributed by atoms with Gasteiger partial charge in [0.1, 0.15) is 0 Å². The lowest BCUT2D eigenvalue weighted by molar-refractivity contribution is 1.14. The van der Waals surface area contributed by atoms with Crippen molar-refractivity contribution in [3.05, 3.63) is 42.9 Å². The van der Waals surface area contributed by atoms with Crippen molar-refractivity contribution in [2.75, 3.05) is 11.5 Å². The standard InChI is InChI=1S/C12H11N5/c13-9-3-1-8(2-4-9)10-7-16-12-11(14)15-5-6-17(10)12/h1-7H,13H2,(H2,14,15). The molecule has 0 fully saturated rings. The van der Waals surface area contributed by atoms with Gasteiger partial charge in [0.05, 0.1) is 11.9 Å². The van der Waals surface area contributed by atoms with Crippen LogP contribution in [0.2, 0.25) is 0 Å². The van der Waals surface area contributed by atoms with E-state index >= 15 is 0 Å². The van der Waals surface area contributed by atoms with E-state index in [4.69, 9.17) is 11.5 Å². The van der Waals surface area contributed by atoms with Crippen LogP contribution in [0.4, 0.5) is 11.5 Å². The molecule has 0 radical (unpaired) electrons. The summed E-state index contributed by atoms with van der Waals surface area (Å²) in [6.45, 7) is 0. The molecule has 0 aliphatic heterocycles. The number of nitrogen functional groups attached to an aromatic ring is 2. The van der Waals surface area contributed by atoms with Crippen molar-refractivity contribution in [2.24, 2.45) is 0 Å². The summed E-state index contributed by atoms with van der Waals surface area (Å²) >= 11 is 0. The number of imidazole rings is 1. The Balaban J connectivity index is 2.24. The summed E-state index contributed by atoms with van der Waals surface area (Å²) in [7, 11) is 0. The van der Waals surface area contributed by atoms with E-state index in [9.17, 15) is 0 Å². The summed E-state index contributed by atoms with van der Waals surface area (Å²) in [6.07, 6.45) is 5.27. The first-order valence-electron chi connectivity index (χ1n) is 5.19. The second-order valence-corrected chi connectivity index (χ2v) is 3.77. The predicted octanol–water partition coefficient (Wildman–Crippen LogP) is 1.56. The van der Waals surface area contributed by atoms with Gasteiger partial charge in [0.15, 0.2) is 11.5 Å². The number of benzene rings is 1. The van der Waals surface area contributed by atoms with E-state index in [1.54, 1.807) is 12.4 Å². The van der Waals surface area contributed by atoms with Gasteiger partial charge in [-0.05, 0) is 12.1 Å². The molecule has 0 spiro atoms. The van der Waals surface area contributed by atoms with E-state index in [2.05, 4.69) is 9.97 Å². The fourth-order valence-corrected chi connectivity index (χ4v) is 1.81. The van der Waals surface area contributed by atoms with Gasteiger partial charge in [-0.1, -0.05) is 12.1 Å². The van der Waals surface area contributed by atoms with Gasteiger partial charge in [-0.15, -0.1) is 0 Å². The van der Waals surface area contributed by atoms with Gasteiger partial charge in [-0.25, -0.2) is 9.97 Å². The smallest absolute Gasteiger partial charge is 0.180 e. The average Bonchev–Trinajstić information content (AvgIpc) is 2.75. The van der Waals surface area contributed by atoms with Crippen LogP contribution in [0, 0.1) is 0 Å². The number of nitrogens with two attached hydrogens (primary N) is 2. The van der Waals surface area contributed by atoms with Gasteiger partial charge < -0.3 is 11.5 Å². The lowest BCUT2D eigenvalue weighted by Crippen LogP contribution is -1.96. The highest BCUT2D eigenvalue weighted by Crippen LogP contribution is 2.22. The molecule has 0 amide bonds. The van der Waals surface area contributed by atoms with Crippen LogP contribution < -0.4 is 11.5 Å².